The van der Waals surface area contributed by atoms with Crippen LogP contribution < -0.4 is 5.73 Å². The summed E-state index contributed by atoms with van der Waals surface area (Å²) in [6.07, 6.45) is 2.14. The summed E-state index contributed by atoms with van der Waals surface area (Å²) in [4.78, 5) is 0. The minimum Gasteiger partial charge on any atom is -0.394 e. The predicted octanol–water partition coefficient (Wildman–Crippen LogP) is 0.203. The molecule has 1 rings (SSSR count). The van der Waals surface area contributed by atoms with Crippen molar-refractivity contribution in [1.82, 2.24) is 0 Å². The first kappa shape index (κ1) is 7.38. The largest absolute Gasteiger partial charge is 0.394 e. The Labute approximate surface area is 59.8 Å². The average molecular weight is 147 g/mol. The van der Waals surface area contributed by atoms with Gasteiger partial charge in [-0.05, 0) is 18.6 Å². The number of aliphatic hydroxyl groups is 1. The number of rotatable bonds is 1. The van der Waals surface area contributed by atoms with Crippen molar-refractivity contribution in [3.05, 3.63) is 0 Å². The second-order valence-electron chi connectivity index (χ2n) is 2.68. The minimum absolute atomic E-state index is 0.139. The molecule has 0 amide bonds. The number of thioether (sulfide) groups is 1. The number of hydrogen-bond acceptors (Lipinski definition) is 3. The lowest BCUT2D eigenvalue weighted by atomic mass is 9.98. The second kappa shape index (κ2) is 2.90. The van der Waals surface area contributed by atoms with Crippen LogP contribution in [0, 0.1) is 0 Å². The molecule has 3 heteroatoms. The van der Waals surface area contributed by atoms with Crippen LogP contribution in [0.4, 0.5) is 0 Å². The molecule has 1 atom stereocenters. The lowest BCUT2D eigenvalue weighted by molar-refractivity contribution is 0.201. The molecule has 2 nitrogen and oxygen atoms in total. The lowest BCUT2D eigenvalue weighted by Crippen LogP contribution is -2.48. The second-order valence-corrected chi connectivity index (χ2v) is 3.78. The van der Waals surface area contributed by atoms with E-state index in [1.165, 1.54) is 5.75 Å². The van der Waals surface area contributed by atoms with Gasteiger partial charge in [-0.2, -0.15) is 11.8 Å². The van der Waals surface area contributed by atoms with Crippen LogP contribution >= 0.6 is 11.8 Å². The normalized spacial score (nSPS) is 36.7. The van der Waals surface area contributed by atoms with Gasteiger partial charge in [-0.15, -0.1) is 0 Å². The highest BCUT2D eigenvalue weighted by atomic mass is 32.2. The summed E-state index contributed by atoms with van der Waals surface area (Å²) in [5, 5.41) is 8.81. The van der Waals surface area contributed by atoms with E-state index in [1.54, 1.807) is 0 Å². The molecule has 0 aliphatic carbocycles. The molecule has 1 saturated heterocycles. The van der Waals surface area contributed by atoms with Gasteiger partial charge in [-0.25, -0.2) is 0 Å². The molecule has 0 radical (unpaired) electrons. The standard InChI is InChI=1S/C6H13NOS/c7-6(4-8)2-1-3-9-5-6/h8H,1-5,7H2. The summed E-state index contributed by atoms with van der Waals surface area (Å²) < 4.78 is 0. The van der Waals surface area contributed by atoms with Crippen molar-refractivity contribution >= 4 is 11.8 Å². The predicted molar refractivity (Wildman–Crippen MR) is 40.6 cm³/mol. The van der Waals surface area contributed by atoms with E-state index in [4.69, 9.17) is 10.8 Å². The molecule has 1 aliphatic rings. The van der Waals surface area contributed by atoms with E-state index in [2.05, 4.69) is 0 Å². The fourth-order valence-corrected chi connectivity index (χ4v) is 2.13. The summed E-state index contributed by atoms with van der Waals surface area (Å²) in [5.74, 6) is 2.13. The van der Waals surface area contributed by atoms with Gasteiger partial charge in [0.25, 0.3) is 0 Å². The first-order chi connectivity index (χ1) is 4.27. The molecule has 9 heavy (non-hydrogen) atoms. The van der Waals surface area contributed by atoms with Crippen molar-refractivity contribution in [2.24, 2.45) is 5.73 Å². The van der Waals surface area contributed by atoms with E-state index in [0.717, 1.165) is 18.6 Å². The molecule has 54 valence electrons. The minimum atomic E-state index is -0.261. The third kappa shape index (κ3) is 1.85. The van der Waals surface area contributed by atoms with Crippen molar-refractivity contribution in [3.8, 4) is 0 Å². The van der Waals surface area contributed by atoms with Crippen LogP contribution in [-0.4, -0.2) is 28.8 Å². The maximum Gasteiger partial charge on any atom is 0.0619 e. The molecule has 0 aromatic rings. The third-order valence-electron chi connectivity index (χ3n) is 1.67. The molecular formula is C6H13NOS. The fraction of sp³-hybridized carbons (Fsp3) is 1.00. The van der Waals surface area contributed by atoms with Crippen LogP contribution in [0.5, 0.6) is 0 Å². The molecule has 0 aromatic heterocycles. The number of hydrogen-bond donors (Lipinski definition) is 2. The zero-order valence-electron chi connectivity index (χ0n) is 5.47. The van der Waals surface area contributed by atoms with Crippen molar-refractivity contribution in [2.45, 2.75) is 18.4 Å². The van der Waals surface area contributed by atoms with Crippen LogP contribution in [0.25, 0.3) is 0 Å². The maximum atomic E-state index is 8.81. The van der Waals surface area contributed by atoms with Gasteiger partial charge in [0.05, 0.1) is 6.61 Å². The van der Waals surface area contributed by atoms with Crippen LogP contribution in [0.15, 0.2) is 0 Å². The van der Waals surface area contributed by atoms with E-state index in [0.29, 0.717) is 0 Å². The van der Waals surface area contributed by atoms with Crippen molar-refractivity contribution in [2.75, 3.05) is 18.1 Å². The van der Waals surface area contributed by atoms with Crippen LogP contribution in [0.3, 0.4) is 0 Å². The molecule has 0 aromatic carbocycles. The van der Waals surface area contributed by atoms with Gasteiger partial charge in [0.2, 0.25) is 0 Å². The SMILES string of the molecule is NC1(CO)CCCSC1. The molecule has 1 heterocycles. The molecule has 1 fully saturated rings. The quantitative estimate of drug-likeness (QED) is 0.557. The van der Waals surface area contributed by atoms with E-state index in [-0.39, 0.29) is 12.1 Å². The Balaban J connectivity index is 2.37. The van der Waals surface area contributed by atoms with Crippen molar-refractivity contribution in [1.29, 1.82) is 0 Å². The van der Waals surface area contributed by atoms with Crippen molar-refractivity contribution in [3.63, 3.8) is 0 Å². The number of aliphatic hydroxyl groups excluding tert-OH is 1. The van der Waals surface area contributed by atoms with Crippen LogP contribution in [0.2, 0.25) is 0 Å². The van der Waals surface area contributed by atoms with Crippen molar-refractivity contribution < 1.29 is 5.11 Å². The van der Waals surface area contributed by atoms with Gasteiger partial charge < -0.3 is 10.8 Å². The molecular weight excluding hydrogens is 134 g/mol. The van der Waals surface area contributed by atoms with Crippen LogP contribution in [0.1, 0.15) is 12.8 Å². The Morgan fingerprint density at radius 3 is 2.78 bits per heavy atom. The maximum absolute atomic E-state index is 8.81. The Morgan fingerprint density at radius 2 is 2.44 bits per heavy atom. The first-order valence-corrected chi connectivity index (χ1v) is 4.40. The van der Waals surface area contributed by atoms with Gasteiger partial charge in [0.1, 0.15) is 0 Å². The monoisotopic (exact) mass is 147 g/mol. The summed E-state index contributed by atoms with van der Waals surface area (Å²) in [7, 11) is 0. The van der Waals surface area contributed by atoms with E-state index < -0.39 is 0 Å². The molecule has 3 N–H and O–H groups in total. The van der Waals surface area contributed by atoms with Gasteiger partial charge in [0.15, 0.2) is 0 Å². The molecule has 0 bridgehead atoms. The summed E-state index contributed by atoms with van der Waals surface area (Å²) in [6.45, 7) is 0.139. The molecule has 0 spiro atoms. The number of nitrogens with two attached hydrogens (primary N) is 1. The van der Waals surface area contributed by atoms with E-state index >= 15 is 0 Å². The highest BCUT2D eigenvalue weighted by Crippen LogP contribution is 2.23. The van der Waals surface area contributed by atoms with Gasteiger partial charge in [-0.1, -0.05) is 0 Å². The Bertz CT molecular complexity index is 91.1. The summed E-state index contributed by atoms with van der Waals surface area (Å²) in [5.41, 5.74) is 5.53. The average Bonchev–Trinajstić information content (AvgIpc) is 1.90. The molecule has 1 aliphatic heterocycles. The van der Waals surface area contributed by atoms with E-state index in [9.17, 15) is 0 Å². The van der Waals surface area contributed by atoms with Gasteiger partial charge >= 0.3 is 0 Å². The Hall–Kier alpha value is 0.270. The first-order valence-electron chi connectivity index (χ1n) is 3.24. The zero-order valence-corrected chi connectivity index (χ0v) is 6.28. The van der Waals surface area contributed by atoms with Gasteiger partial charge in [-0.3, -0.25) is 0 Å². The van der Waals surface area contributed by atoms with Crippen LogP contribution in [-0.2, 0) is 0 Å². The van der Waals surface area contributed by atoms with E-state index in [1.807, 2.05) is 11.8 Å². The summed E-state index contributed by atoms with van der Waals surface area (Å²) in [6, 6.07) is 0. The summed E-state index contributed by atoms with van der Waals surface area (Å²) >= 11 is 1.84. The fourth-order valence-electron chi connectivity index (χ4n) is 0.999. The third-order valence-corrected chi connectivity index (χ3v) is 3.02. The topological polar surface area (TPSA) is 46.2 Å². The highest BCUT2D eigenvalue weighted by molar-refractivity contribution is 7.99. The van der Waals surface area contributed by atoms with Gasteiger partial charge in [0, 0.05) is 11.3 Å². The molecule has 0 saturated carbocycles. The highest BCUT2D eigenvalue weighted by Gasteiger charge is 2.26. The Kier molecular flexibility index (Phi) is 2.38. The lowest BCUT2D eigenvalue weighted by Gasteiger charge is -2.30. The Morgan fingerprint density at radius 1 is 1.67 bits per heavy atom. The molecule has 1 unspecified atom stereocenters. The zero-order chi connectivity index (χ0) is 6.74. The smallest absolute Gasteiger partial charge is 0.0619 e.